The molecule has 0 spiro atoms. The number of carbonyl (C=O) groups excluding carboxylic acids is 1. The van der Waals surface area contributed by atoms with Gasteiger partial charge in [0.05, 0.1) is 9.80 Å². The van der Waals surface area contributed by atoms with E-state index in [1.165, 1.54) is 12.1 Å². The Morgan fingerprint density at radius 3 is 2.76 bits per heavy atom. The van der Waals surface area contributed by atoms with Crippen LogP contribution in [0.5, 0.6) is 0 Å². The maximum Gasteiger partial charge on any atom is 0.324 e. The molecule has 1 amide bonds. The number of rotatable bonds is 6. The zero-order valence-electron chi connectivity index (χ0n) is 9.39. The fourth-order valence-corrected chi connectivity index (χ4v) is 2.26. The molecule has 0 aliphatic rings. The first-order valence-corrected chi connectivity index (χ1v) is 6.54. The van der Waals surface area contributed by atoms with Gasteiger partial charge in [0.25, 0.3) is 5.91 Å². The molecule has 1 heterocycles. The Labute approximate surface area is 108 Å². The Hall–Kier alpha value is -1.14. The van der Waals surface area contributed by atoms with Crippen molar-refractivity contribution in [3.05, 3.63) is 27.1 Å². The zero-order chi connectivity index (χ0) is 12.8. The molecular formula is C10H13ClN2O3S. The summed E-state index contributed by atoms with van der Waals surface area (Å²) in [6.07, 6.45) is 0.717. The third kappa shape index (κ3) is 3.67. The predicted octanol–water partition coefficient (Wildman–Crippen LogP) is 2.75. The Kier molecular flexibility index (Phi) is 5.37. The highest BCUT2D eigenvalue weighted by molar-refractivity contribution is 7.17. The summed E-state index contributed by atoms with van der Waals surface area (Å²) in [6.45, 7) is 3.01. The highest BCUT2D eigenvalue weighted by Gasteiger charge is 2.19. The molecule has 1 rings (SSSR count). The van der Waals surface area contributed by atoms with Crippen LogP contribution >= 0.6 is 22.9 Å². The van der Waals surface area contributed by atoms with Gasteiger partial charge in [-0.1, -0.05) is 11.3 Å². The highest BCUT2D eigenvalue weighted by atomic mass is 35.5. The summed E-state index contributed by atoms with van der Waals surface area (Å²) in [7, 11) is 0. The van der Waals surface area contributed by atoms with E-state index in [0.717, 1.165) is 11.3 Å². The maximum absolute atomic E-state index is 12.0. The van der Waals surface area contributed by atoms with E-state index in [1.54, 1.807) is 4.90 Å². The van der Waals surface area contributed by atoms with E-state index in [2.05, 4.69) is 0 Å². The number of hydrogen-bond acceptors (Lipinski definition) is 4. The van der Waals surface area contributed by atoms with Crippen LogP contribution in [-0.2, 0) is 0 Å². The van der Waals surface area contributed by atoms with Crippen LogP contribution in [0.3, 0.4) is 0 Å². The van der Waals surface area contributed by atoms with Crippen molar-refractivity contribution in [3.8, 4) is 0 Å². The van der Waals surface area contributed by atoms with Crippen LogP contribution in [0, 0.1) is 10.1 Å². The summed E-state index contributed by atoms with van der Waals surface area (Å²) in [4.78, 5) is 24.1. The molecule has 1 aromatic heterocycles. The number of hydrogen-bond donors (Lipinski definition) is 0. The average molecular weight is 277 g/mol. The minimum atomic E-state index is -0.490. The molecule has 0 atom stereocenters. The summed E-state index contributed by atoms with van der Waals surface area (Å²) >= 11 is 6.48. The lowest BCUT2D eigenvalue weighted by molar-refractivity contribution is -0.380. The van der Waals surface area contributed by atoms with Gasteiger partial charge in [-0.25, -0.2) is 0 Å². The van der Waals surface area contributed by atoms with Crippen LogP contribution < -0.4 is 0 Å². The molecule has 0 bridgehead atoms. The zero-order valence-corrected chi connectivity index (χ0v) is 11.0. The third-order valence-electron chi connectivity index (χ3n) is 2.21. The molecule has 17 heavy (non-hydrogen) atoms. The third-order valence-corrected chi connectivity index (χ3v) is 3.51. The summed E-state index contributed by atoms with van der Waals surface area (Å²) in [5.41, 5.74) is 0. The molecule has 1 aromatic rings. The molecule has 0 radical (unpaired) electrons. The van der Waals surface area contributed by atoms with Gasteiger partial charge in [0.2, 0.25) is 0 Å². The smallest absolute Gasteiger partial charge is 0.324 e. The minimum Gasteiger partial charge on any atom is -0.338 e. The van der Waals surface area contributed by atoms with Gasteiger partial charge < -0.3 is 4.90 Å². The van der Waals surface area contributed by atoms with E-state index in [9.17, 15) is 14.9 Å². The van der Waals surface area contributed by atoms with Crippen molar-refractivity contribution in [1.29, 1.82) is 0 Å². The predicted molar refractivity (Wildman–Crippen MR) is 67.9 cm³/mol. The topological polar surface area (TPSA) is 63.5 Å². The molecule has 0 saturated heterocycles. The second-order valence-electron chi connectivity index (χ2n) is 3.32. The number of nitro groups is 1. The Bertz CT molecular complexity index is 408. The SMILES string of the molecule is CCN(CCCCl)C(=O)c1ccc([N+](=O)[O-])s1. The number of alkyl halides is 1. The van der Waals surface area contributed by atoms with E-state index in [0.29, 0.717) is 30.3 Å². The molecule has 0 fully saturated rings. The lowest BCUT2D eigenvalue weighted by Crippen LogP contribution is -2.31. The molecule has 0 aromatic carbocycles. The van der Waals surface area contributed by atoms with Gasteiger partial charge in [0, 0.05) is 25.0 Å². The fraction of sp³-hybridized carbons (Fsp3) is 0.500. The van der Waals surface area contributed by atoms with Gasteiger partial charge >= 0.3 is 5.00 Å². The van der Waals surface area contributed by atoms with Gasteiger partial charge in [0.15, 0.2) is 0 Å². The van der Waals surface area contributed by atoms with Crippen LogP contribution in [0.1, 0.15) is 23.0 Å². The quantitative estimate of drug-likeness (QED) is 0.456. The highest BCUT2D eigenvalue weighted by Crippen LogP contribution is 2.25. The van der Waals surface area contributed by atoms with Crippen LogP contribution in [0.15, 0.2) is 12.1 Å². The van der Waals surface area contributed by atoms with Gasteiger partial charge in [-0.15, -0.1) is 11.6 Å². The summed E-state index contributed by atoms with van der Waals surface area (Å²) in [5, 5.41) is 10.5. The molecular weight excluding hydrogens is 264 g/mol. The second kappa shape index (κ2) is 6.56. The number of carbonyl (C=O) groups is 1. The standard InChI is InChI=1S/C10H13ClN2O3S/c1-2-12(7-3-6-11)10(14)8-4-5-9(17-8)13(15)16/h4-5H,2-3,6-7H2,1H3. The van der Waals surface area contributed by atoms with Gasteiger partial charge in [-0.2, -0.15) is 0 Å². The van der Waals surface area contributed by atoms with E-state index in [-0.39, 0.29) is 10.9 Å². The van der Waals surface area contributed by atoms with Crippen LogP contribution in [0.2, 0.25) is 0 Å². The van der Waals surface area contributed by atoms with E-state index < -0.39 is 4.92 Å². The molecule has 0 unspecified atom stereocenters. The monoisotopic (exact) mass is 276 g/mol. The summed E-state index contributed by atoms with van der Waals surface area (Å²) < 4.78 is 0. The van der Waals surface area contributed by atoms with E-state index >= 15 is 0 Å². The van der Waals surface area contributed by atoms with E-state index in [4.69, 9.17) is 11.6 Å². The summed E-state index contributed by atoms with van der Waals surface area (Å²) in [5.74, 6) is 0.324. The van der Waals surface area contributed by atoms with Crippen LogP contribution in [0.4, 0.5) is 5.00 Å². The number of amides is 1. The van der Waals surface area contributed by atoms with Crippen molar-refractivity contribution in [2.75, 3.05) is 19.0 Å². The molecule has 0 N–H and O–H groups in total. The number of halogens is 1. The maximum atomic E-state index is 12.0. The summed E-state index contributed by atoms with van der Waals surface area (Å²) in [6, 6.07) is 2.85. The second-order valence-corrected chi connectivity index (χ2v) is 4.76. The Morgan fingerprint density at radius 2 is 2.29 bits per heavy atom. The largest absolute Gasteiger partial charge is 0.338 e. The van der Waals surface area contributed by atoms with Crippen molar-refractivity contribution in [2.45, 2.75) is 13.3 Å². The van der Waals surface area contributed by atoms with Crippen LogP contribution in [-0.4, -0.2) is 34.7 Å². The normalized spacial score (nSPS) is 10.2. The lowest BCUT2D eigenvalue weighted by atomic mass is 10.3. The first-order chi connectivity index (χ1) is 8.10. The lowest BCUT2D eigenvalue weighted by Gasteiger charge is -2.19. The molecule has 5 nitrogen and oxygen atoms in total. The molecule has 94 valence electrons. The molecule has 0 aliphatic carbocycles. The molecule has 7 heteroatoms. The Balaban J connectivity index is 2.75. The van der Waals surface area contributed by atoms with Crippen molar-refractivity contribution in [2.24, 2.45) is 0 Å². The van der Waals surface area contributed by atoms with Gasteiger partial charge in [-0.05, 0) is 19.4 Å². The van der Waals surface area contributed by atoms with Crippen molar-refractivity contribution < 1.29 is 9.72 Å². The van der Waals surface area contributed by atoms with Gasteiger partial charge in [-0.3, -0.25) is 14.9 Å². The van der Waals surface area contributed by atoms with E-state index in [1.807, 2.05) is 6.92 Å². The van der Waals surface area contributed by atoms with Crippen LogP contribution in [0.25, 0.3) is 0 Å². The molecule has 0 aliphatic heterocycles. The Morgan fingerprint density at radius 1 is 1.59 bits per heavy atom. The van der Waals surface area contributed by atoms with Gasteiger partial charge in [0.1, 0.15) is 0 Å². The average Bonchev–Trinajstić information content (AvgIpc) is 2.79. The molecule has 0 saturated carbocycles. The first kappa shape index (κ1) is 13.9. The number of nitrogens with zero attached hydrogens (tertiary/aromatic N) is 2. The number of thiophene rings is 1. The first-order valence-electron chi connectivity index (χ1n) is 5.19. The van der Waals surface area contributed by atoms with Crippen molar-refractivity contribution >= 4 is 33.8 Å². The van der Waals surface area contributed by atoms with Crippen molar-refractivity contribution in [3.63, 3.8) is 0 Å². The minimum absolute atomic E-state index is 0.0123. The van der Waals surface area contributed by atoms with Crippen molar-refractivity contribution in [1.82, 2.24) is 4.90 Å². The fourth-order valence-electron chi connectivity index (χ4n) is 1.35.